The monoisotopic (exact) mass is 575 g/mol. The number of carbonyl (C=O) groups excluding carboxylic acids is 2. The van der Waals surface area contributed by atoms with Gasteiger partial charge in [0.25, 0.3) is 10.0 Å². The third-order valence-electron chi connectivity index (χ3n) is 7.74. The van der Waals surface area contributed by atoms with Crippen LogP contribution in [0.5, 0.6) is 0 Å². The Balaban J connectivity index is 1.67. The van der Waals surface area contributed by atoms with Crippen molar-refractivity contribution in [2.45, 2.75) is 76.8 Å². The van der Waals surface area contributed by atoms with Crippen molar-refractivity contribution in [1.82, 2.24) is 10.2 Å². The Bertz CT molecular complexity index is 1430. The summed E-state index contributed by atoms with van der Waals surface area (Å²) in [6, 6.07) is 21.3. The summed E-state index contributed by atoms with van der Waals surface area (Å²) in [7, 11) is -4.08. The lowest BCUT2D eigenvalue weighted by Gasteiger charge is -2.32. The van der Waals surface area contributed by atoms with Crippen LogP contribution in [-0.2, 0) is 26.0 Å². The molecule has 0 aromatic heterocycles. The van der Waals surface area contributed by atoms with Gasteiger partial charge in [-0.05, 0) is 87.9 Å². The van der Waals surface area contributed by atoms with Gasteiger partial charge in [0, 0.05) is 12.6 Å². The van der Waals surface area contributed by atoms with Crippen LogP contribution in [-0.4, -0.2) is 50.3 Å². The molecule has 3 aromatic rings. The minimum absolute atomic E-state index is 0.109. The van der Waals surface area contributed by atoms with Gasteiger partial charge >= 0.3 is 0 Å². The second-order valence-electron chi connectivity index (χ2n) is 11.2. The van der Waals surface area contributed by atoms with E-state index in [0.717, 1.165) is 47.9 Å². The zero-order valence-corrected chi connectivity index (χ0v) is 25.3. The number of benzene rings is 3. The van der Waals surface area contributed by atoms with Crippen LogP contribution in [0, 0.1) is 20.8 Å². The average Bonchev–Trinajstić information content (AvgIpc) is 3.45. The maximum Gasteiger partial charge on any atom is 0.264 e. The summed E-state index contributed by atoms with van der Waals surface area (Å²) >= 11 is 0. The number of carbonyl (C=O) groups is 2. The molecule has 7 nitrogen and oxygen atoms in total. The number of anilines is 1. The fourth-order valence-corrected chi connectivity index (χ4v) is 6.82. The van der Waals surface area contributed by atoms with Gasteiger partial charge in [-0.3, -0.25) is 13.9 Å². The predicted octanol–water partition coefficient (Wildman–Crippen LogP) is 5.33. The molecule has 0 aliphatic heterocycles. The van der Waals surface area contributed by atoms with Crippen molar-refractivity contribution >= 4 is 27.5 Å². The van der Waals surface area contributed by atoms with Gasteiger partial charge in [-0.2, -0.15) is 0 Å². The van der Waals surface area contributed by atoms with Crippen LogP contribution >= 0.6 is 0 Å². The minimum Gasteiger partial charge on any atom is -0.352 e. The lowest BCUT2D eigenvalue weighted by atomic mass is 10.1. The van der Waals surface area contributed by atoms with Crippen molar-refractivity contribution in [3.8, 4) is 0 Å². The fraction of sp³-hybridized carbons (Fsp3) is 0.394. The molecule has 1 aliphatic rings. The molecular formula is C33H41N3O4S. The maximum absolute atomic E-state index is 14.1. The molecule has 0 saturated heterocycles. The van der Waals surface area contributed by atoms with Gasteiger partial charge in [0.15, 0.2) is 0 Å². The van der Waals surface area contributed by atoms with Crippen LogP contribution in [0.4, 0.5) is 5.69 Å². The van der Waals surface area contributed by atoms with Gasteiger partial charge in [-0.25, -0.2) is 8.42 Å². The molecule has 218 valence electrons. The predicted molar refractivity (Wildman–Crippen MR) is 163 cm³/mol. The molecule has 0 heterocycles. The van der Waals surface area contributed by atoms with Gasteiger partial charge in [0.1, 0.15) is 12.6 Å². The molecular weight excluding hydrogens is 534 g/mol. The van der Waals surface area contributed by atoms with E-state index in [1.54, 1.807) is 43.3 Å². The van der Waals surface area contributed by atoms with Gasteiger partial charge in [0.2, 0.25) is 11.8 Å². The van der Waals surface area contributed by atoms with Crippen LogP contribution in [0.25, 0.3) is 0 Å². The van der Waals surface area contributed by atoms with Gasteiger partial charge in [-0.15, -0.1) is 0 Å². The first-order valence-electron chi connectivity index (χ1n) is 14.4. The molecule has 2 amide bonds. The smallest absolute Gasteiger partial charge is 0.264 e. The number of sulfonamides is 1. The summed E-state index contributed by atoms with van der Waals surface area (Å²) in [5.41, 5.74) is 4.17. The van der Waals surface area contributed by atoms with E-state index in [4.69, 9.17) is 0 Å². The quantitative estimate of drug-likeness (QED) is 0.335. The van der Waals surface area contributed by atoms with Crippen molar-refractivity contribution in [2.75, 3.05) is 17.4 Å². The molecule has 8 heteroatoms. The summed E-state index contributed by atoms with van der Waals surface area (Å²) in [6.45, 7) is 7.28. The second-order valence-corrected chi connectivity index (χ2v) is 13.0. The van der Waals surface area contributed by atoms with Crippen molar-refractivity contribution in [2.24, 2.45) is 0 Å². The number of amides is 2. The van der Waals surface area contributed by atoms with Crippen LogP contribution in [0.2, 0.25) is 0 Å². The minimum atomic E-state index is -4.08. The van der Waals surface area contributed by atoms with E-state index in [2.05, 4.69) is 5.32 Å². The molecule has 1 N–H and O–H groups in total. The van der Waals surface area contributed by atoms with Crippen LogP contribution < -0.4 is 9.62 Å². The summed E-state index contributed by atoms with van der Waals surface area (Å²) < 4.78 is 29.2. The van der Waals surface area contributed by atoms with E-state index >= 15 is 0 Å². The van der Waals surface area contributed by atoms with E-state index in [1.165, 1.54) is 9.21 Å². The number of nitrogens with one attached hydrogen (secondary N) is 1. The SMILES string of the molecule is Cc1ccc(S(=O)(=O)N(CC(=O)N(CCc2ccccc2)[C@@H](C)C(=O)NC2CCCC2)c2cc(C)cc(C)c2)cc1. The zero-order chi connectivity index (χ0) is 29.6. The van der Waals surface area contributed by atoms with E-state index in [-0.39, 0.29) is 23.4 Å². The molecule has 1 saturated carbocycles. The molecule has 1 fully saturated rings. The first-order valence-corrected chi connectivity index (χ1v) is 15.8. The molecule has 41 heavy (non-hydrogen) atoms. The average molecular weight is 576 g/mol. The highest BCUT2D eigenvalue weighted by atomic mass is 32.2. The number of rotatable bonds is 11. The van der Waals surface area contributed by atoms with E-state index in [0.29, 0.717) is 12.1 Å². The summed E-state index contributed by atoms with van der Waals surface area (Å²) in [6.07, 6.45) is 4.58. The Morgan fingerprint density at radius 1 is 0.878 bits per heavy atom. The van der Waals surface area contributed by atoms with Gasteiger partial charge in [0.05, 0.1) is 10.6 Å². The number of hydrogen-bond acceptors (Lipinski definition) is 4. The third-order valence-corrected chi connectivity index (χ3v) is 9.52. The van der Waals surface area contributed by atoms with Gasteiger partial charge < -0.3 is 10.2 Å². The Morgan fingerprint density at radius 2 is 1.49 bits per heavy atom. The van der Waals surface area contributed by atoms with E-state index < -0.39 is 28.5 Å². The van der Waals surface area contributed by atoms with Crippen LogP contribution in [0.15, 0.2) is 77.7 Å². The molecule has 4 rings (SSSR count). The number of hydrogen-bond donors (Lipinski definition) is 1. The molecule has 1 aliphatic carbocycles. The van der Waals surface area contributed by atoms with Crippen LogP contribution in [0.3, 0.4) is 0 Å². The summed E-state index contributed by atoms with van der Waals surface area (Å²) in [5, 5.41) is 3.11. The van der Waals surface area contributed by atoms with E-state index in [9.17, 15) is 18.0 Å². The van der Waals surface area contributed by atoms with Crippen molar-refractivity contribution < 1.29 is 18.0 Å². The molecule has 0 radical (unpaired) electrons. The Hall–Kier alpha value is -3.65. The molecule has 3 aromatic carbocycles. The van der Waals surface area contributed by atoms with Crippen LogP contribution in [0.1, 0.15) is 54.9 Å². The lowest BCUT2D eigenvalue weighted by molar-refractivity contribution is -0.139. The highest BCUT2D eigenvalue weighted by molar-refractivity contribution is 7.92. The van der Waals surface area contributed by atoms with Crippen molar-refractivity contribution in [3.05, 3.63) is 95.1 Å². The Kier molecular flexibility index (Phi) is 9.86. The molecule has 0 unspecified atom stereocenters. The fourth-order valence-electron chi connectivity index (χ4n) is 5.42. The van der Waals surface area contributed by atoms with Crippen molar-refractivity contribution in [1.29, 1.82) is 0 Å². The third kappa shape index (κ3) is 7.76. The largest absolute Gasteiger partial charge is 0.352 e. The Labute approximate surface area is 244 Å². The van der Waals surface area contributed by atoms with Gasteiger partial charge in [-0.1, -0.05) is 66.9 Å². The molecule has 0 bridgehead atoms. The molecule has 0 spiro atoms. The second kappa shape index (κ2) is 13.3. The lowest BCUT2D eigenvalue weighted by Crippen LogP contribution is -2.53. The first kappa shape index (κ1) is 30.3. The number of aryl methyl sites for hydroxylation is 3. The van der Waals surface area contributed by atoms with Crippen molar-refractivity contribution in [3.63, 3.8) is 0 Å². The summed E-state index contributed by atoms with van der Waals surface area (Å²) in [5.74, 6) is -0.637. The maximum atomic E-state index is 14.1. The molecule has 1 atom stereocenters. The highest BCUT2D eigenvalue weighted by Crippen LogP contribution is 2.27. The Morgan fingerprint density at radius 3 is 2.10 bits per heavy atom. The highest BCUT2D eigenvalue weighted by Gasteiger charge is 2.33. The van der Waals surface area contributed by atoms with E-state index in [1.807, 2.05) is 57.2 Å². The topological polar surface area (TPSA) is 86.8 Å². The normalized spacial score (nSPS) is 14.4. The zero-order valence-electron chi connectivity index (χ0n) is 24.5. The standard InChI is InChI=1S/C33H41N3O4S/c1-24-14-16-31(17-15-24)41(39,40)36(30-21-25(2)20-26(3)22-30)23-32(37)35(19-18-28-10-6-5-7-11-28)27(4)33(38)34-29-12-8-9-13-29/h5-7,10-11,14-17,20-22,27,29H,8-9,12-13,18-19,23H2,1-4H3,(H,34,38)/t27-/m0/s1. The number of nitrogens with zero attached hydrogens (tertiary/aromatic N) is 2. The summed E-state index contributed by atoms with van der Waals surface area (Å²) in [4.78, 5) is 29.0. The first-order chi connectivity index (χ1) is 19.5.